The van der Waals surface area contributed by atoms with Crippen LogP contribution < -0.4 is 0 Å². The molecule has 9 nitrogen and oxygen atoms in total. The molecule has 3 rings (SSSR count). The van der Waals surface area contributed by atoms with E-state index in [0.717, 1.165) is 0 Å². The minimum atomic E-state index is -1.29. The highest BCUT2D eigenvalue weighted by Crippen LogP contribution is 2.50. The highest BCUT2D eigenvalue weighted by Gasteiger charge is 2.69. The van der Waals surface area contributed by atoms with E-state index in [4.69, 9.17) is 23.7 Å². The molecule has 1 heterocycles. The zero-order valence-electron chi connectivity index (χ0n) is 16.3. The number of ether oxygens (including phenoxy) is 5. The van der Waals surface area contributed by atoms with Crippen LogP contribution in [0.2, 0.25) is 0 Å². The lowest BCUT2D eigenvalue weighted by Crippen LogP contribution is -2.62. The van der Waals surface area contributed by atoms with Crippen molar-refractivity contribution in [3.8, 4) is 0 Å². The maximum atomic E-state index is 12.5. The number of benzene rings is 1. The predicted molar refractivity (Wildman–Crippen MR) is 95.4 cm³/mol. The first-order valence-electron chi connectivity index (χ1n) is 9.18. The first-order valence-corrected chi connectivity index (χ1v) is 9.18. The van der Waals surface area contributed by atoms with Gasteiger partial charge in [-0.2, -0.15) is 0 Å². The van der Waals surface area contributed by atoms with Crippen LogP contribution >= 0.6 is 0 Å². The van der Waals surface area contributed by atoms with Gasteiger partial charge in [-0.25, -0.2) is 4.79 Å². The van der Waals surface area contributed by atoms with E-state index in [0.29, 0.717) is 18.4 Å². The quantitative estimate of drug-likeness (QED) is 0.530. The smallest absolute Gasteiger partial charge is 0.338 e. The van der Waals surface area contributed by atoms with E-state index in [2.05, 4.69) is 0 Å². The molecule has 1 unspecified atom stereocenters. The number of esters is 4. The molecule has 0 amide bonds. The summed E-state index contributed by atoms with van der Waals surface area (Å²) in [5.74, 6) is -2.54. The number of rotatable bonds is 5. The van der Waals surface area contributed by atoms with Gasteiger partial charge in [-0.15, -0.1) is 0 Å². The molecule has 29 heavy (non-hydrogen) atoms. The Labute approximate surface area is 167 Å². The van der Waals surface area contributed by atoms with E-state index in [1.165, 1.54) is 20.8 Å². The van der Waals surface area contributed by atoms with Crippen LogP contribution in [0, 0.1) is 0 Å². The van der Waals surface area contributed by atoms with E-state index in [1.54, 1.807) is 30.3 Å². The summed E-state index contributed by atoms with van der Waals surface area (Å²) in [6.45, 7) is 3.55. The second-order valence-electron chi connectivity index (χ2n) is 6.95. The average Bonchev–Trinajstić information content (AvgIpc) is 2.93. The van der Waals surface area contributed by atoms with Gasteiger partial charge in [-0.05, 0) is 25.0 Å². The maximum Gasteiger partial charge on any atom is 0.338 e. The van der Waals surface area contributed by atoms with Crippen LogP contribution in [0.4, 0.5) is 0 Å². The van der Waals surface area contributed by atoms with Crippen molar-refractivity contribution >= 4 is 23.9 Å². The number of hydrogen-bond acceptors (Lipinski definition) is 9. The van der Waals surface area contributed by atoms with Crippen molar-refractivity contribution in [1.82, 2.24) is 0 Å². The third-order valence-corrected chi connectivity index (χ3v) is 4.86. The van der Waals surface area contributed by atoms with Crippen molar-refractivity contribution in [2.24, 2.45) is 0 Å². The number of carbonyl (C=O) groups excluding carboxylic acids is 4. The molecular weight excluding hydrogens is 384 g/mol. The first-order chi connectivity index (χ1) is 13.7. The Bertz CT molecular complexity index is 805. The van der Waals surface area contributed by atoms with Gasteiger partial charge in [0.15, 0.2) is 11.7 Å². The third-order valence-electron chi connectivity index (χ3n) is 4.86. The molecule has 5 atom stereocenters. The molecule has 2 fully saturated rings. The minimum absolute atomic E-state index is 0.352. The van der Waals surface area contributed by atoms with Crippen LogP contribution in [0.3, 0.4) is 0 Å². The summed E-state index contributed by atoms with van der Waals surface area (Å²) in [6.07, 6.45) is -3.56. The van der Waals surface area contributed by atoms with E-state index in [9.17, 15) is 19.2 Å². The molecule has 1 aromatic rings. The molecule has 2 aliphatic rings. The van der Waals surface area contributed by atoms with Gasteiger partial charge in [0, 0.05) is 20.8 Å². The molecule has 1 saturated heterocycles. The molecule has 1 spiro atoms. The van der Waals surface area contributed by atoms with E-state index in [1.807, 2.05) is 0 Å². The summed E-state index contributed by atoms with van der Waals surface area (Å²) in [7, 11) is 0. The van der Waals surface area contributed by atoms with Crippen molar-refractivity contribution < 1.29 is 42.9 Å². The summed E-state index contributed by atoms with van der Waals surface area (Å²) in [5.41, 5.74) is -0.930. The lowest BCUT2D eigenvalue weighted by Gasteiger charge is -2.47. The Hall–Kier alpha value is -2.94. The average molecular weight is 406 g/mol. The second kappa shape index (κ2) is 8.20. The zero-order valence-corrected chi connectivity index (χ0v) is 16.3. The van der Waals surface area contributed by atoms with Crippen molar-refractivity contribution in [3.63, 3.8) is 0 Å². The van der Waals surface area contributed by atoms with E-state index < -0.39 is 54.1 Å². The maximum absolute atomic E-state index is 12.5. The topological polar surface area (TPSA) is 114 Å². The Morgan fingerprint density at radius 2 is 1.52 bits per heavy atom. The van der Waals surface area contributed by atoms with Crippen molar-refractivity contribution in [2.75, 3.05) is 0 Å². The largest absolute Gasteiger partial charge is 0.456 e. The molecule has 1 saturated carbocycles. The van der Waals surface area contributed by atoms with Gasteiger partial charge in [0.05, 0.1) is 5.56 Å². The first kappa shape index (κ1) is 20.8. The highest BCUT2D eigenvalue weighted by atomic mass is 16.8. The van der Waals surface area contributed by atoms with Crippen molar-refractivity contribution in [3.05, 3.63) is 35.9 Å². The summed E-state index contributed by atoms with van der Waals surface area (Å²) in [6, 6.07) is 8.39. The standard InChI is InChI=1S/C20H22O9/c1-11(21)25-16-17(26-12(2)22)20(29-19(16)27-13(3)23)10-9-15(20)28-18(24)14-7-5-4-6-8-14/h4-8,15-17,19H,9-10H2,1-3H3/t15-,16?,17+,19+,20-/m0/s1. The molecule has 0 N–H and O–H groups in total. The minimum Gasteiger partial charge on any atom is -0.456 e. The fraction of sp³-hybridized carbons (Fsp3) is 0.500. The van der Waals surface area contributed by atoms with Gasteiger partial charge in [0.25, 0.3) is 0 Å². The fourth-order valence-corrected chi connectivity index (χ4v) is 3.62. The Morgan fingerprint density at radius 1 is 0.897 bits per heavy atom. The van der Waals surface area contributed by atoms with Crippen LogP contribution in [0.25, 0.3) is 0 Å². The Balaban J connectivity index is 1.87. The third kappa shape index (κ3) is 4.24. The second-order valence-corrected chi connectivity index (χ2v) is 6.95. The lowest BCUT2D eigenvalue weighted by atomic mass is 9.72. The predicted octanol–water partition coefficient (Wildman–Crippen LogP) is 1.53. The lowest BCUT2D eigenvalue weighted by molar-refractivity contribution is -0.246. The van der Waals surface area contributed by atoms with Crippen LogP contribution in [-0.2, 0) is 38.1 Å². The van der Waals surface area contributed by atoms with Gasteiger partial charge in [-0.1, -0.05) is 18.2 Å². The molecule has 1 aliphatic carbocycles. The van der Waals surface area contributed by atoms with Crippen LogP contribution in [0.5, 0.6) is 0 Å². The van der Waals surface area contributed by atoms with Gasteiger partial charge >= 0.3 is 23.9 Å². The van der Waals surface area contributed by atoms with Crippen LogP contribution in [-0.4, -0.2) is 54.1 Å². The molecule has 0 radical (unpaired) electrons. The van der Waals surface area contributed by atoms with Crippen molar-refractivity contribution in [1.29, 1.82) is 0 Å². The van der Waals surface area contributed by atoms with Gasteiger partial charge in [-0.3, -0.25) is 14.4 Å². The van der Waals surface area contributed by atoms with E-state index in [-0.39, 0.29) is 0 Å². The summed E-state index contributed by atoms with van der Waals surface area (Å²) in [4.78, 5) is 47.2. The number of hydrogen-bond donors (Lipinski definition) is 0. The molecule has 1 aromatic carbocycles. The zero-order chi connectivity index (χ0) is 21.2. The molecule has 0 aromatic heterocycles. The molecule has 0 bridgehead atoms. The summed E-state index contributed by atoms with van der Waals surface area (Å²) >= 11 is 0. The highest BCUT2D eigenvalue weighted by molar-refractivity contribution is 5.89. The van der Waals surface area contributed by atoms with Crippen molar-refractivity contribution in [2.45, 2.75) is 63.8 Å². The van der Waals surface area contributed by atoms with E-state index >= 15 is 0 Å². The normalized spacial score (nSPS) is 30.2. The van der Waals surface area contributed by atoms with Crippen LogP contribution in [0.15, 0.2) is 30.3 Å². The fourth-order valence-electron chi connectivity index (χ4n) is 3.62. The van der Waals surface area contributed by atoms with Crippen LogP contribution in [0.1, 0.15) is 44.0 Å². The Morgan fingerprint density at radius 3 is 2.03 bits per heavy atom. The van der Waals surface area contributed by atoms with Gasteiger partial charge < -0.3 is 23.7 Å². The SMILES string of the molecule is CC(=O)OC1[C@H](OC(C)=O)O[C@]2(CC[C@@H]2OC(=O)c2ccccc2)[C@@H]1OC(C)=O. The summed E-state index contributed by atoms with van der Waals surface area (Å²) in [5, 5.41) is 0. The van der Waals surface area contributed by atoms with Gasteiger partial charge in [0.2, 0.25) is 12.4 Å². The Kier molecular flexibility index (Phi) is 5.88. The molecule has 9 heteroatoms. The number of carbonyl (C=O) groups is 4. The van der Waals surface area contributed by atoms with Gasteiger partial charge in [0.1, 0.15) is 6.10 Å². The molecule has 1 aliphatic heterocycles. The molecule has 156 valence electrons. The molecular formula is C20H22O9. The monoisotopic (exact) mass is 406 g/mol. The summed E-state index contributed by atoms with van der Waals surface area (Å²) < 4.78 is 27.3.